The number of carbonyl (C=O) groups excluding carboxylic acids is 1. The van der Waals surface area contributed by atoms with Crippen LogP contribution in [0.25, 0.3) is 22.6 Å². The zero-order valence-electron chi connectivity index (χ0n) is 47.6. The summed E-state index contributed by atoms with van der Waals surface area (Å²) in [6, 6.07) is 17.3. The van der Waals surface area contributed by atoms with Gasteiger partial charge in [-0.05, 0) is 85.2 Å². The van der Waals surface area contributed by atoms with Crippen LogP contribution in [-0.4, -0.2) is 129 Å². The monoisotopic (exact) mass is 1260 g/mol. The topological polar surface area (TPSA) is 278 Å². The number of rotatable bonds is 8. The van der Waals surface area contributed by atoms with Crippen molar-refractivity contribution in [3.63, 3.8) is 0 Å². The van der Waals surface area contributed by atoms with E-state index in [1.165, 1.54) is 11.6 Å². The Labute approximate surface area is 513 Å². The molecular weight excluding hydrogens is 1190 g/mol. The maximum atomic E-state index is 11.1. The number of nitrogen functional groups attached to an aromatic ring is 1. The molecule has 3 radical (unpaired) electrons. The van der Waals surface area contributed by atoms with E-state index in [4.69, 9.17) is 63.9 Å². The van der Waals surface area contributed by atoms with Crippen molar-refractivity contribution in [2.24, 2.45) is 0 Å². The van der Waals surface area contributed by atoms with Crippen LogP contribution >= 0.6 is 61.4 Å². The standard InChI is InChI=1S/C8H7N3O2.C7H6ClN3.C7H7N3O.C6H13BrO2.C6H4ClN3.C4H4ClN3.5C2H6.B.ClHO2S.Na.H/c1-13-8(12)6-2-3-7-9-4-5-11(7)10-6;8-5-6-1-2-7-9-3-4-11(7)10-6;11-5-6-1-2-7-8-3-4-10(7)9-6;1-3-8-6(5-7)9-4-2;7-5-1-2-6-8-3-4-10(6)9-5;5-3-1-2-4(6)8-7-3;5*1-2;;1-4(2)3;;/h2-5H,1H3;1-4H,5H2;1-4,11H,5H2;6H,3-5H2,1-2H3;1-4H;1-2H,(H2,6,8);5*1-2H3;;(H,2,3);;/q;;;;;;;;;;;;;+1;-1/p-1. The second-order valence-electron chi connectivity index (χ2n) is 11.7. The van der Waals surface area contributed by atoms with Crippen molar-refractivity contribution in [2.75, 3.05) is 31.4 Å². The van der Waals surface area contributed by atoms with Gasteiger partial charge in [0.25, 0.3) is 0 Å². The van der Waals surface area contributed by atoms with Crippen LogP contribution in [0.4, 0.5) is 5.82 Å². The first-order valence-electron chi connectivity index (χ1n) is 23.7. The summed E-state index contributed by atoms with van der Waals surface area (Å²) in [6.07, 6.45) is 13.6. The van der Waals surface area contributed by atoms with Crippen LogP contribution in [0.1, 0.15) is 106 Å². The molecule has 1 unspecified atom stereocenters. The quantitative estimate of drug-likeness (QED) is 0.0364. The molecule has 0 saturated heterocycles. The molecule has 78 heavy (non-hydrogen) atoms. The molecule has 0 amide bonds. The van der Waals surface area contributed by atoms with Gasteiger partial charge in [-0.2, -0.15) is 20.4 Å². The number of fused-ring (bicyclic) bond motifs is 4. The molecule has 0 fully saturated rings. The molecular formula is C48H72BBrCl4N15NaO7S-. The van der Waals surface area contributed by atoms with E-state index in [1.54, 1.807) is 99.5 Å². The number of esters is 1. The van der Waals surface area contributed by atoms with E-state index in [9.17, 15) is 4.79 Å². The van der Waals surface area contributed by atoms with Gasteiger partial charge in [-0.15, -0.1) is 21.8 Å². The van der Waals surface area contributed by atoms with E-state index in [0.717, 1.165) is 28.0 Å². The number of carbonyl (C=O) groups is 1. The van der Waals surface area contributed by atoms with Gasteiger partial charge in [0, 0.05) is 81.5 Å². The Hall–Kier alpha value is -4.48. The van der Waals surface area contributed by atoms with Gasteiger partial charge >= 0.3 is 35.5 Å². The summed E-state index contributed by atoms with van der Waals surface area (Å²) >= 11 is 19.9. The number of anilines is 1. The Bertz CT molecular complexity index is 2730. The predicted molar refractivity (Wildman–Crippen MR) is 314 cm³/mol. The molecule has 0 aliphatic carbocycles. The van der Waals surface area contributed by atoms with E-state index in [-0.39, 0.29) is 58.0 Å². The second kappa shape index (κ2) is 54.5. The van der Waals surface area contributed by atoms with Crippen molar-refractivity contribution in [3.8, 4) is 0 Å². The number of nitrogens with two attached hydrogens (primary N) is 1. The largest absolute Gasteiger partial charge is 1.00 e. The smallest absolute Gasteiger partial charge is 1.00 e. The van der Waals surface area contributed by atoms with Gasteiger partial charge in [-0.3, -0.25) is 4.21 Å². The molecule has 0 aliphatic heterocycles. The summed E-state index contributed by atoms with van der Waals surface area (Å²) in [6.45, 7) is 25.3. The van der Waals surface area contributed by atoms with Gasteiger partial charge in [-0.1, -0.05) is 108 Å². The first-order chi connectivity index (χ1) is 36.8. The fourth-order valence-corrected chi connectivity index (χ4v) is 5.28. The number of hydrogen-bond donors (Lipinski definition) is 2. The predicted octanol–water partition coefficient (Wildman–Crippen LogP) is 7.97. The second-order valence-corrected chi connectivity index (χ2v) is 14.5. The Morgan fingerprint density at radius 3 is 1.40 bits per heavy atom. The van der Waals surface area contributed by atoms with Crippen LogP contribution in [0.3, 0.4) is 0 Å². The first-order valence-corrected chi connectivity index (χ1v) is 28.0. The number of aromatic nitrogens is 14. The molecule has 0 saturated carbocycles. The third kappa shape index (κ3) is 35.9. The van der Waals surface area contributed by atoms with Crippen molar-refractivity contribution in [3.05, 3.63) is 138 Å². The van der Waals surface area contributed by atoms with E-state index in [0.29, 0.717) is 46.6 Å². The molecule has 9 rings (SSSR count). The average molecular weight is 1260 g/mol. The molecule has 9 heterocycles. The number of halogens is 5. The Morgan fingerprint density at radius 2 is 1.04 bits per heavy atom. The molecule has 9 aromatic heterocycles. The van der Waals surface area contributed by atoms with Crippen molar-refractivity contribution >= 4 is 114 Å². The molecule has 0 spiro atoms. The molecule has 427 valence electrons. The van der Waals surface area contributed by atoms with Gasteiger partial charge in [-0.25, -0.2) is 42.8 Å². The number of nitrogens with zero attached hydrogens (tertiary/aromatic N) is 14. The first kappa shape index (κ1) is 82.4. The van der Waals surface area contributed by atoms with E-state index < -0.39 is 16.3 Å². The molecule has 30 heteroatoms. The molecule has 3 N–H and O–H groups in total. The van der Waals surface area contributed by atoms with Crippen LogP contribution < -0.4 is 35.3 Å². The summed E-state index contributed by atoms with van der Waals surface area (Å²) in [4.78, 5) is 27.1. The number of imidazole rings is 4. The maximum Gasteiger partial charge on any atom is 1.00 e. The molecule has 9 aromatic rings. The Kier molecular flexibility index (Phi) is 57.5. The number of alkyl halides is 2. The van der Waals surface area contributed by atoms with Crippen molar-refractivity contribution < 1.29 is 63.9 Å². The molecule has 0 aromatic carbocycles. The summed E-state index contributed by atoms with van der Waals surface area (Å²) in [5, 5.41) is 33.4. The third-order valence-corrected chi connectivity index (χ3v) is 8.48. The van der Waals surface area contributed by atoms with Crippen LogP contribution in [-0.2, 0) is 37.0 Å². The fraction of sp³-hybridized carbons (Fsp3) is 0.396. The molecule has 22 nitrogen and oxygen atoms in total. The zero-order valence-corrected chi connectivity index (χ0v) is 54.0. The third-order valence-electron chi connectivity index (χ3n) is 7.28. The number of hydrogen-bond acceptors (Lipinski definition) is 18. The Morgan fingerprint density at radius 1 is 0.667 bits per heavy atom. The van der Waals surface area contributed by atoms with Gasteiger partial charge < -0.3 is 31.0 Å². The fourth-order valence-electron chi connectivity index (χ4n) is 4.52. The van der Waals surface area contributed by atoms with Crippen LogP contribution in [0, 0.1) is 0 Å². The SMILES string of the molecule is CC.CC.CC.CC.CC.CCOC(CBr)OCC.COC(=O)c1ccc2nccn2n1.ClCc1ccc2nccn2n1.Clc1ccc2nccn2n1.Nc1ccc(Cl)nn1.O=S([O-])Cl.OCc1ccc2nccn2n1.[B].[H-].[Na+]. The van der Waals surface area contributed by atoms with Gasteiger partial charge in [0.2, 0.25) is 0 Å². The summed E-state index contributed by atoms with van der Waals surface area (Å²) in [7, 11) is 3.12. The van der Waals surface area contributed by atoms with Crippen LogP contribution in [0.15, 0.2) is 110 Å². The van der Waals surface area contributed by atoms with Crippen molar-refractivity contribution in [1.82, 2.24) is 68.6 Å². The minimum absolute atomic E-state index is 0. The average Bonchev–Trinajstić information content (AvgIpc) is 4.33. The normalized spacial score (nSPS) is 9.40. The van der Waals surface area contributed by atoms with Crippen LogP contribution in [0.5, 0.6) is 0 Å². The van der Waals surface area contributed by atoms with E-state index in [2.05, 4.69) is 81.9 Å². The molecule has 0 aliphatic rings. The van der Waals surface area contributed by atoms with E-state index >= 15 is 0 Å². The van der Waals surface area contributed by atoms with E-state index in [1.807, 2.05) is 107 Å². The number of methoxy groups -OCH3 is 1. The van der Waals surface area contributed by atoms with Crippen molar-refractivity contribution in [1.29, 1.82) is 0 Å². The minimum Gasteiger partial charge on any atom is -1.00 e. The number of aliphatic hydroxyl groups is 1. The minimum atomic E-state index is -2.39. The maximum absolute atomic E-state index is 11.1. The number of ether oxygens (including phenoxy) is 3. The van der Waals surface area contributed by atoms with Crippen LogP contribution in [0.2, 0.25) is 10.3 Å². The zero-order chi connectivity index (χ0) is 58.3. The van der Waals surface area contributed by atoms with Gasteiger partial charge in [0.15, 0.2) is 39.7 Å². The Balaban J connectivity index is -0.000000193. The summed E-state index contributed by atoms with van der Waals surface area (Å²) in [5.74, 6) is 0.374. The number of aliphatic hydroxyl groups excluding tert-OH is 1. The molecule has 1 atom stereocenters. The van der Waals surface area contributed by atoms with Crippen molar-refractivity contribution in [2.45, 2.75) is 102 Å². The van der Waals surface area contributed by atoms with Gasteiger partial charge in [0.1, 0.15) is 11.0 Å². The van der Waals surface area contributed by atoms with Gasteiger partial charge in [0.05, 0.1) is 36.3 Å². The summed E-state index contributed by atoms with van der Waals surface area (Å²) in [5.41, 5.74) is 10.1. The summed E-state index contributed by atoms with van der Waals surface area (Å²) < 4.78 is 38.9. The molecule has 0 bridgehead atoms.